The van der Waals surface area contributed by atoms with Gasteiger partial charge in [-0.15, -0.1) is 0 Å². The third-order valence-electron chi connectivity index (χ3n) is 4.64. The van der Waals surface area contributed by atoms with E-state index in [0.29, 0.717) is 22.8 Å². The third kappa shape index (κ3) is 3.61. The number of carbonyl (C=O) groups excluding carboxylic acids is 1. The van der Waals surface area contributed by atoms with Gasteiger partial charge in [-0.2, -0.15) is 0 Å². The van der Waals surface area contributed by atoms with Crippen molar-refractivity contribution in [3.05, 3.63) is 29.0 Å². The standard InChI is InChI=1S/C17H24ClN3O/c1-2-9-20-10-7-15(8-11-20)21(14-4-5-14)17(22)13-3-6-16(18)19-12-13/h3,6,12,14-15H,2,4-5,7-11H2,1H3. The molecule has 4 nitrogen and oxygen atoms in total. The quantitative estimate of drug-likeness (QED) is 0.781. The zero-order valence-corrected chi connectivity index (χ0v) is 13.9. The van der Waals surface area contributed by atoms with Gasteiger partial charge in [0.15, 0.2) is 0 Å². The lowest BCUT2D eigenvalue weighted by Crippen LogP contribution is -2.48. The number of aromatic nitrogens is 1. The van der Waals surface area contributed by atoms with Gasteiger partial charge in [-0.05, 0) is 50.8 Å². The highest BCUT2D eigenvalue weighted by Crippen LogP contribution is 2.33. The molecule has 2 aliphatic rings. The number of carbonyl (C=O) groups is 1. The molecule has 1 saturated heterocycles. The first kappa shape index (κ1) is 15.8. The molecule has 0 bridgehead atoms. The maximum atomic E-state index is 12.9. The molecule has 1 aromatic rings. The molecule has 0 spiro atoms. The first-order chi connectivity index (χ1) is 10.7. The summed E-state index contributed by atoms with van der Waals surface area (Å²) in [6, 6.07) is 4.30. The topological polar surface area (TPSA) is 36.4 Å². The second-order valence-electron chi connectivity index (χ2n) is 6.39. The Morgan fingerprint density at radius 3 is 2.50 bits per heavy atom. The lowest BCUT2D eigenvalue weighted by atomic mass is 10.0. The zero-order valence-electron chi connectivity index (χ0n) is 13.2. The van der Waals surface area contributed by atoms with Crippen LogP contribution in [0.4, 0.5) is 0 Å². The number of hydrogen-bond donors (Lipinski definition) is 0. The van der Waals surface area contributed by atoms with E-state index >= 15 is 0 Å². The average Bonchev–Trinajstić information content (AvgIpc) is 3.35. The lowest BCUT2D eigenvalue weighted by Gasteiger charge is -2.38. The van der Waals surface area contributed by atoms with Crippen LogP contribution in [-0.4, -0.2) is 52.4 Å². The number of likely N-dealkylation sites (tertiary alicyclic amines) is 1. The molecule has 22 heavy (non-hydrogen) atoms. The Morgan fingerprint density at radius 1 is 1.27 bits per heavy atom. The SMILES string of the molecule is CCCN1CCC(N(C(=O)c2ccc(Cl)nc2)C2CC2)CC1. The third-order valence-corrected chi connectivity index (χ3v) is 4.86. The van der Waals surface area contributed by atoms with Gasteiger partial charge in [0.2, 0.25) is 0 Å². The number of hydrogen-bond acceptors (Lipinski definition) is 3. The molecule has 0 atom stereocenters. The van der Waals surface area contributed by atoms with Crippen LogP contribution in [0.3, 0.4) is 0 Å². The van der Waals surface area contributed by atoms with E-state index < -0.39 is 0 Å². The predicted octanol–water partition coefficient (Wildman–Crippen LogP) is 3.21. The summed E-state index contributed by atoms with van der Waals surface area (Å²) in [5.41, 5.74) is 0.660. The summed E-state index contributed by atoms with van der Waals surface area (Å²) in [6.45, 7) is 5.60. The Hall–Kier alpha value is -1.13. The van der Waals surface area contributed by atoms with Gasteiger partial charge in [0, 0.05) is 31.4 Å². The minimum atomic E-state index is 0.126. The molecule has 1 amide bonds. The van der Waals surface area contributed by atoms with Crippen LogP contribution >= 0.6 is 11.6 Å². The Labute approximate surface area is 137 Å². The van der Waals surface area contributed by atoms with Crippen LogP contribution in [0.15, 0.2) is 18.3 Å². The van der Waals surface area contributed by atoms with E-state index in [2.05, 4.69) is 21.7 Å². The van der Waals surface area contributed by atoms with Crippen LogP contribution < -0.4 is 0 Å². The van der Waals surface area contributed by atoms with E-state index in [1.165, 1.54) is 13.0 Å². The Morgan fingerprint density at radius 2 is 1.95 bits per heavy atom. The fourth-order valence-corrected chi connectivity index (χ4v) is 3.48. The summed E-state index contributed by atoms with van der Waals surface area (Å²) in [5.74, 6) is 0.126. The minimum Gasteiger partial charge on any atom is -0.333 e. The maximum absolute atomic E-state index is 12.9. The molecular formula is C17H24ClN3O. The molecule has 0 radical (unpaired) electrons. The monoisotopic (exact) mass is 321 g/mol. The summed E-state index contributed by atoms with van der Waals surface area (Å²) in [7, 11) is 0. The highest BCUT2D eigenvalue weighted by molar-refractivity contribution is 6.29. The zero-order chi connectivity index (χ0) is 15.5. The minimum absolute atomic E-state index is 0.126. The fraction of sp³-hybridized carbons (Fsp3) is 0.647. The van der Waals surface area contributed by atoms with E-state index in [1.807, 2.05) is 0 Å². The van der Waals surface area contributed by atoms with E-state index in [-0.39, 0.29) is 5.91 Å². The van der Waals surface area contributed by atoms with Crippen LogP contribution in [0.1, 0.15) is 49.4 Å². The van der Waals surface area contributed by atoms with Gasteiger partial charge in [-0.1, -0.05) is 18.5 Å². The van der Waals surface area contributed by atoms with E-state index in [0.717, 1.165) is 38.8 Å². The number of halogens is 1. The summed E-state index contributed by atoms with van der Waals surface area (Å²) in [4.78, 5) is 21.6. The first-order valence-corrected chi connectivity index (χ1v) is 8.73. The smallest absolute Gasteiger partial charge is 0.255 e. The molecule has 5 heteroatoms. The molecular weight excluding hydrogens is 298 g/mol. The van der Waals surface area contributed by atoms with Gasteiger partial charge < -0.3 is 9.80 Å². The fourth-order valence-electron chi connectivity index (χ4n) is 3.37. The van der Waals surface area contributed by atoms with Crippen LogP contribution in [0.5, 0.6) is 0 Å². The largest absolute Gasteiger partial charge is 0.333 e. The highest BCUT2D eigenvalue weighted by Gasteiger charge is 2.38. The van der Waals surface area contributed by atoms with Crippen molar-refractivity contribution in [2.45, 2.75) is 51.1 Å². The van der Waals surface area contributed by atoms with Gasteiger partial charge in [-0.25, -0.2) is 4.98 Å². The van der Waals surface area contributed by atoms with E-state index in [4.69, 9.17) is 11.6 Å². The molecule has 1 aliphatic heterocycles. The number of piperidine rings is 1. The molecule has 1 aromatic heterocycles. The van der Waals surface area contributed by atoms with Crippen molar-refractivity contribution in [1.29, 1.82) is 0 Å². The molecule has 120 valence electrons. The van der Waals surface area contributed by atoms with Crippen molar-refractivity contribution in [3.8, 4) is 0 Å². The van der Waals surface area contributed by atoms with Crippen molar-refractivity contribution in [3.63, 3.8) is 0 Å². The number of nitrogens with zero attached hydrogens (tertiary/aromatic N) is 3. The Bertz CT molecular complexity index is 507. The summed E-state index contributed by atoms with van der Waals surface area (Å²) >= 11 is 5.82. The predicted molar refractivity (Wildman–Crippen MR) is 88.2 cm³/mol. The van der Waals surface area contributed by atoms with Gasteiger partial charge in [0.1, 0.15) is 5.15 Å². The molecule has 1 aliphatic carbocycles. The molecule has 3 rings (SSSR count). The second kappa shape index (κ2) is 6.97. The summed E-state index contributed by atoms with van der Waals surface area (Å²) in [5, 5.41) is 0.433. The number of amides is 1. The molecule has 0 aromatic carbocycles. The molecule has 0 unspecified atom stereocenters. The summed E-state index contributed by atoms with van der Waals surface area (Å²) < 4.78 is 0. The average molecular weight is 322 g/mol. The molecule has 1 saturated carbocycles. The van der Waals surface area contributed by atoms with E-state index in [1.54, 1.807) is 18.3 Å². The molecule has 2 heterocycles. The molecule has 0 N–H and O–H groups in total. The van der Waals surface area contributed by atoms with Crippen LogP contribution in [0.2, 0.25) is 5.15 Å². The van der Waals surface area contributed by atoms with Gasteiger partial charge >= 0.3 is 0 Å². The Balaban J connectivity index is 1.68. The van der Waals surface area contributed by atoms with Crippen LogP contribution in [-0.2, 0) is 0 Å². The van der Waals surface area contributed by atoms with Crippen molar-refractivity contribution in [2.24, 2.45) is 0 Å². The maximum Gasteiger partial charge on any atom is 0.255 e. The number of rotatable bonds is 5. The lowest BCUT2D eigenvalue weighted by molar-refractivity contribution is 0.0549. The van der Waals surface area contributed by atoms with Crippen molar-refractivity contribution in [2.75, 3.05) is 19.6 Å². The van der Waals surface area contributed by atoms with Crippen LogP contribution in [0, 0.1) is 0 Å². The van der Waals surface area contributed by atoms with Crippen molar-refractivity contribution >= 4 is 17.5 Å². The van der Waals surface area contributed by atoms with Gasteiger partial charge in [-0.3, -0.25) is 4.79 Å². The van der Waals surface area contributed by atoms with Crippen LogP contribution in [0.25, 0.3) is 0 Å². The second-order valence-corrected chi connectivity index (χ2v) is 6.77. The van der Waals surface area contributed by atoms with Crippen molar-refractivity contribution < 1.29 is 4.79 Å². The molecule has 2 fully saturated rings. The van der Waals surface area contributed by atoms with Crippen molar-refractivity contribution in [1.82, 2.24) is 14.8 Å². The summed E-state index contributed by atoms with van der Waals surface area (Å²) in [6.07, 6.45) is 7.26. The number of pyridine rings is 1. The van der Waals surface area contributed by atoms with E-state index in [9.17, 15) is 4.79 Å². The normalized spacial score (nSPS) is 20.1. The van der Waals surface area contributed by atoms with Gasteiger partial charge in [0.05, 0.1) is 5.56 Å². The Kier molecular flexibility index (Phi) is 4.99. The van der Waals surface area contributed by atoms with Gasteiger partial charge in [0.25, 0.3) is 5.91 Å². The first-order valence-electron chi connectivity index (χ1n) is 8.35. The highest BCUT2D eigenvalue weighted by atomic mass is 35.5.